The van der Waals surface area contributed by atoms with Gasteiger partial charge < -0.3 is 9.13 Å². The molecule has 0 atom stereocenters. The van der Waals surface area contributed by atoms with Gasteiger partial charge in [-0.1, -0.05) is 297 Å². The second-order valence-electron chi connectivity index (χ2n) is 27.3. The van der Waals surface area contributed by atoms with Crippen LogP contribution in [0.1, 0.15) is 0 Å². The van der Waals surface area contributed by atoms with Crippen LogP contribution in [0.5, 0.6) is 0 Å². The van der Waals surface area contributed by atoms with Gasteiger partial charge in [-0.15, -0.1) is 0 Å². The van der Waals surface area contributed by atoms with E-state index in [9.17, 15) is 6.57 Å². The molecule has 114 heavy (non-hydrogen) atoms. The maximum Gasteiger partial charge on any atom is 0.197 e. The van der Waals surface area contributed by atoms with Crippen LogP contribution in [-0.4, -0.2) is 68.9 Å². The van der Waals surface area contributed by atoms with Crippen molar-refractivity contribution in [3.63, 3.8) is 0 Å². The first-order chi connectivity index (χ1) is 56.2. The highest BCUT2D eigenvalue weighted by atomic mass is 19.1. The van der Waals surface area contributed by atoms with Crippen molar-refractivity contribution < 1.29 is 8.78 Å². The Morgan fingerprint density at radius 1 is 0.211 bits per heavy atom. The SMILES string of the molecule is [C-]#[N+]c1cc(-n2c3cc(-c4nc(-c5ccccc5)nc(-c5ccccc5)n4)ccc3c3ccc(-c4nc(-c5ccccc5)nc(-c5ccccc5)n4)cc32)c(-n2c3cc(-c4nc(-c5ccccc5)nc(-c5ccccc5)n4)ccc3c3ccc(-c4nc(-c5ccccc5)nc(-c5ccccc5)n4)cc32)cc1-c1c(F)cccc1F. The van der Waals surface area contributed by atoms with Gasteiger partial charge in [0.1, 0.15) is 11.6 Å². The largest absolute Gasteiger partial charge is 0.308 e. The van der Waals surface area contributed by atoms with Crippen molar-refractivity contribution in [1.29, 1.82) is 0 Å². The Bertz CT molecular complexity index is 6560. The van der Waals surface area contributed by atoms with E-state index >= 15 is 8.78 Å². The fourth-order valence-corrected chi connectivity index (χ4v) is 14.8. The highest BCUT2D eigenvalue weighted by Crippen LogP contribution is 2.47. The molecule has 0 aliphatic rings. The summed E-state index contributed by atoms with van der Waals surface area (Å²) in [5.74, 6) is 3.49. The van der Waals surface area contributed by atoms with E-state index in [-0.39, 0.29) is 16.8 Å². The minimum Gasteiger partial charge on any atom is -0.308 e. The van der Waals surface area contributed by atoms with Gasteiger partial charge in [-0.25, -0.2) is 73.4 Å². The molecular weight excluding hydrogens is 1410 g/mol. The molecular formula is C97H57F2N15. The quantitative estimate of drug-likeness (QED) is 0.0892. The minimum absolute atomic E-state index is 0.00196. The molecule has 0 saturated heterocycles. The third-order valence-electron chi connectivity index (χ3n) is 20.3. The second-order valence-corrected chi connectivity index (χ2v) is 27.3. The monoisotopic (exact) mass is 1470 g/mol. The topological polar surface area (TPSA) is 169 Å². The van der Waals surface area contributed by atoms with Crippen LogP contribution in [0.25, 0.3) is 208 Å². The lowest BCUT2D eigenvalue weighted by molar-refractivity contribution is 0.590. The van der Waals surface area contributed by atoms with Crippen molar-refractivity contribution in [2.45, 2.75) is 0 Å². The molecule has 0 fully saturated rings. The molecule has 0 amide bonds. The highest BCUT2D eigenvalue weighted by molar-refractivity contribution is 6.14. The first-order valence-corrected chi connectivity index (χ1v) is 36.9. The lowest BCUT2D eigenvalue weighted by Gasteiger charge is -2.20. The summed E-state index contributed by atoms with van der Waals surface area (Å²) in [6.45, 7) is 9.23. The van der Waals surface area contributed by atoms with Crippen molar-refractivity contribution in [3.05, 3.63) is 369 Å². The number of hydrogen-bond donors (Lipinski definition) is 0. The Morgan fingerprint density at radius 2 is 0.412 bits per heavy atom. The number of nitrogens with zero attached hydrogens (tertiary/aromatic N) is 15. The zero-order valence-electron chi connectivity index (χ0n) is 60.4. The van der Waals surface area contributed by atoms with Gasteiger partial charge in [0, 0.05) is 93.9 Å². The van der Waals surface area contributed by atoms with Gasteiger partial charge in [0.25, 0.3) is 0 Å². The third-order valence-corrected chi connectivity index (χ3v) is 20.3. The molecule has 15 nitrogen and oxygen atoms in total. The summed E-state index contributed by atoms with van der Waals surface area (Å²) in [5.41, 5.74) is 11.8. The molecule has 14 aromatic carbocycles. The summed E-state index contributed by atoms with van der Waals surface area (Å²) in [5, 5.41) is 3.17. The molecule has 20 rings (SSSR count). The zero-order chi connectivity index (χ0) is 76.2. The molecule has 6 aromatic heterocycles. The zero-order valence-corrected chi connectivity index (χ0v) is 60.4. The van der Waals surface area contributed by atoms with Gasteiger partial charge in [-0.2, -0.15) is 0 Å². The average molecular weight is 1470 g/mol. The van der Waals surface area contributed by atoms with Gasteiger partial charge in [-0.05, 0) is 54.1 Å². The molecule has 0 spiro atoms. The molecule has 6 heterocycles. The highest BCUT2D eigenvalue weighted by Gasteiger charge is 2.28. The maximum absolute atomic E-state index is 17.3. The lowest BCUT2D eigenvalue weighted by atomic mass is 10.00. The number of hydrogen-bond acceptors (Lipinski definition) is 12. The van der Waals surface area contributed by atoms with Crippen LogP contribution in [0.4, 0.5) is 14.5 Å². The molecule has 0 radical (unpaired) electrons. The van der Waals surface area contributed by atoms with E-state index in [1.54, 1.807) is 12.1 Å². The Morgan fingerprint density at radius 3 is 0.623 bits per heavy atom. The second kappa shape index (κ2) is 28.6. The van der Waals surface area contributed by atoms with Crippen LogP contribution in [0.15, 0.2) is 346 Å². The van der Waals surface area contributed by atoms with Crippen molar-refractivity contribution in [1.82, 2.24) is 68.9 Å². The molecule has 0 unspecified atom stereocenters. The number of halogens is 2. The predicted octanol–water partition coefficient (Wildman–Crippen LogP) is 23.1. The molecule has 17 heteroatoms. The van der Waals surface area contributed by atoms with Gasteiger partial charge >= 0.3 is 0 Å². The summed E-state index contributed by atoms with van der Waals surface area (Å²) in [4.78, 5) is 66.6. The normalized spacial score (nSPS) is 11.4. The van der Waals surface area contributed by atoms with Crippen molar-refractivity contribution in [3.8, 4) is 159 Å². The van der Waals surface area contributed by atoms with Crippen LogP contribution in [-0.2, 0) is 0 Å². The number of rotatable bonds is 15. The Labute approximate surface area is 651 Å². The molecule has 534 valence electrons. The van der Waals surface area contributed by atoms with E-state index in [0.29, 0.717) is 126 Å². The van der Waals surface area contributed by atoms with E-state index in [1.165, 1.54) is 18.2 Å². The van der Waals surface area contributed by atoms with E-state index < -0.39 is 11.6 Å². The van der Waals surface area contributed by atoms with Crippen LogP contribution >= 0.6 is 0 Å². The minimum atomic E-state index is -0.864. The van der Waals surface area contributed by atoms with E-state index in [4.69, 9.17) is 59.8 Å². The van der Waals surface area contributed by atoms with Crippen LogP contribution in [0, 0.1) is 18.2 Å². The van der Waals surface area contributed by atoms with Gasteiger partial charge in [-0.3, -0.25) is 0 Å². The van der Waals surface area contributed by atoms with Crippen molar-refractivity contribution >= 4 is 49.3 Å². The summed E-state index contributed by atoms with van der Waals surface area (Å²) in [6, 6.07) is 110. The summed E-state index contributed by atoms with van der Waals surface area (Å²) in [6.07, 6.45) is 0. The first kappa shape index (κ1) is 67.4. The number of aromatic nitrogens is 14. The molecule has 20 aromatic rings. The first-order valence-electron chi connectivity index (χ1n) is 36.9. The molecule has 0 N–H and O–H groups in total. The smallest absolute Gasteiger partial charge is 0.197 e. The van der Waals surface area contributed by atoms with E-state index in [1.807, 2.05) is 279 Å². The molecule has 0 saturated carbocycles. The van der Waals surface area contributed by atoms with Gasteiger partial charge in [0.15, 0.2) is 75.6 Å². The lowest BCUT2D eigenvalue weighted by Crippen LogP contribution is -2.06. The fraction of sp³-hybridized carbons (Fsp3) is 0. The standard InChI is InChI=1S/C97H57F2N15/c1-100-78-58-84(114-81-55-69(96-109-90(63-35-18-6-19-36-63)103-91(110-96)64-37-20-7-21-38-64)47-51-73(81)74-52-48-70(56-82(74)114)97-111-92(65-39-22-8-23-40-65)104-93(112-97)66-41-24-9-25-42-66)83(57-75(78)85-76(98)43-26-44-77(85)99)113-79-53-67(94-105-86(59-27-10-2-11-28-59)101-87(106-94)60-29-12-3-13-30-60)45-49-71(79)72-50-46-68(54-80(72)113)95-107-88(61-31-14-4-15-32-61)102-89(108-95)62-33-16-5-17-34-62/h2-58H. The predicted molar refractivity (Wildman–Crippen MR) is 446 cm³/mol. The van der Waals surface area contributed by atoms with Gasteiger partial charge in [0.2, 0.25) is 0 Å². The Balaban J connectivity index is 0.920. The number of fused-ring (bicyclic) bond motifs is 6. The van der Waals surface area contributed by atoms with Crippen LogP contribution in [0.3, 0.4) is 0 Å². The number of benzene rings is 14. The van der Waals surface area contributed by atoms with Crippen molar-refractivity contribution in [2.75, 3.05) is 0 Å². The summed E-state index contributed by atoms with van der Waals surface area (Å²) >= 11 is 0. The van der Waals surface area contributed by atoms with E-state index in [0.717, 1.165) is 66.1 Å². The van der Waals surface area contributed by atoms with Crippen molar-refractivity contribution in [2.24, 2.45) is 0 Å². The van der Waals surface area contributed by atoms with Crippen LogP contribution in [0.2, 0.25) is 0 Å². The summed E-state index contributed by atoms with van der Waals surface area (Å²) in [7, 11) is 0. The molecule has 0 bridgehead atoms. The average Bonchev–Trinajstić information content (AvgIpc) is 1.57. The summed E-state index contributed by atoms with van der Waals surface area (Å²) < 4.78 is 38.7. The molecule has 0 aliphatic carbocycles. The fourth-order valence-electron chi connectivity index (χ4n) is 14.8. The Kier molecular flexibility index (Phi) is 16.9. The Hall–Kier alpha value is -15.9. The van der Waals surface area contributed by atoms with Gasteiger partial charge in [0.05, 0.1) is 40.0 Å². The third kappa shape index (κ3) is 12.5. The van der Waals surface area contributed by atoms with E-state index in [2.05, 4.69) is 50.4 Å². The maximum atomic E-state index is 17.3. The van der Waals surface area contributed by atoms with Crippen LogP contribution < -0.4 is 0 Å². The molecule has 0 aliphatic heterocycles.